The molecule has 7 nitrogen and oxygen atoms in total. The van der Waals surface area contributed by atoms with Crippen LogP contribution >= 0.6 is 23.2 Å². The van der Waals surface area contributed by atoms with Crippen molar-refractivity contribution in [3.63, 3.8) is 0 Å². The van der Waals surface area contributed by atoms with Gasteiger partial charge < -0.3 is 10.2 Å². The number of halogens is 2. The minimum absolute atomic E-state index is 0.0106. The van der Waals surface area contributed by atoms with Gasteiger partial charge in [0.05, 0.1) is 17.2 Å². The summed E-state index contributed by atoms with van der Waals surface area (Å²) in [5, 5.41) is 17.3. The highest BCUT2D eigenvalue weighted by Gasteiger charge is 2.34. The van der Waals surface area contributed by atoms with Gasteiger partial charge in [0.25, 0.3) is 0 Å². The predicted molar refractivity (Wildman–Crippen MR) is 154 cm³/mol. The lowest BCUT2D eigenvalue weighted by atomic mass is 9.90. The summed E-state index contributed by atoms with van der Waals surface area (Å²) >= 11 is 12.9. The van der Waals surface area contributed by atoms with Gasteiger partial charge in [-0.25, -0.2) is 18.6 Å². The molecule has 2 aromatic carbocycles. The summed E-state index contributed by atoms with van der Waals surface area (Å²) in [5.41, 5.74) is 3.68. The molecule has 0 bridgehead atoms. The molecule has 0 amide bonds. The van der Waals surface area contributed by atoms with E-state index in [1.165, 1.54) is 6.08 Å². The van der Waals surface area contributed by atoms with Crippen molar-refractivity contribution in [2.75, 3.05) is 26.7 Å². The average Bonchev–Trinajstić information content (AvgIpc) is 3.52. The Bertz CT molecular complexity index is 1420. The molecule has 200 valence electrons. The maximum Gasteiger partial charge on any atom is 0.234 e. The van der Waals surface area contributed by atoms with Gasteiger partial charge in [-0.3, -0.25) is 0 Å². The molecule has 2 heterocycles. The number of likely N-dealkylation sites (tertiary alicyclic amines) is 1. The van der Waals surface area contributed by atoms with Gasteiger partial charge in [0.15, 0.2) is 0 Å². The first kappa shape index (κ1) is 27.0. The van der Waals surface area contributed by atoms with Gasteiger partial charge in [-0.1, -0.05) is 65.7 Å². The fourth-order valence-corrected chi connectivity index (χ4v) is 6.20. The van der Waals surface area contributed by atoms with Crippen molar-refractivity contribution >= 4 is 38.9 Å². The number of primary sulfonamides is 1. The Morgan fingerprint density at radius 2 is 1.84 bits per heavy atom. The van der Waals surface area contributed by atoms with E-state index in [1.54, 1.807) is 6.08 Å². The zero-order valence-corrected chi connectivity index (χ0v) is 23.5. The molecule has 2 atom stereocenters. The summed E-state index contributed by atoms with van der Waals surface area (Å²) < 4.78 is 24.5. The lowest BCUT2D eigenvalue weighted by molar-refractivity contribution is 0.286. The second-order valence-electron chi connectivity index (χ2n) is 9.89. The molecule has 1 aliphatic carbocycles. The van der Waals surface area contributed by atoms with Gasteiger partial charge in [0.1, 0.15) is 5.82 Å². The van der Waals surface area contributed by atoms with Crippen LogP contribution in [0.2, 0.25) is 5.02 Å². The van der Waals surface area contributed by atoms with Gasteiger partial charge in [-0.05, 0) is 61.8 Å². The van der Waals surface area contributed by atoms with E-state index in [0.717, 1.165) is 36.2 Å². The fourth-order valence-electron chi connectivity index (χ4n) is 5.25. The number of benzene rings is 2. The Hall–Kier alpha value is -2.62. The van der Waals surface area contributed by atoms with E-state index in [0.29, 0.717) is 40.6 Å². The monoisotopic (exact) mass is 571 g/mol. The molecular weight excluding hydrogens is 541 g/mol. The number of sulfonamides is 1. The summed E-state index contributed by atoms with van der Waals surface area (Å²) in [5.74, 6) is 0.689. The molecule has 5 rings (SSSR count). The third-order valence-corrected chi connectivity index (χ3v) is 9.01. The van der Waals surface area contributed by atoms with Crippen LogP contribution in [0.3, 0.4) is 0 Å². The maximum absolute atomic E-state index is 12.2. The van der Waals surface area contributed by atoms with E-state index in [1.807, 2.05) is 47.5 Å². The van der Waals surface area contributed by atoms with Crippen molar-refractivity contribution in [3.8, 4) is 0 Å². The molecule has 1 saturated heterocycles. The highest BCUT2D eigenvalue weighted by molar-refractivity contribution is 7.93. The van der Waals surface area contributed by atoms with Crippen molar-refractivity contribution in [1.82, 2.24) is 15.2 Å². The first-order chi connectivity index (χ1) is 18.2. The number of nitrogens with zero attached hydrogens (tertiary/aromatic N) is 3. The summed E-state index contributed by atoms with van der Waals surface area (Å²) in [6.45, 7) is 2.30. The number of hydrogen-bond acceptors (Lipinski definition) is 6. The van der Waals surface area contributed by atoms with E-state index in [9.17, 15) is 8.42 Å². The zero-order chi connectivity index (χ0) is 26.9. The van der Waals surface area contributed by atoms with Crippen molar-refractivity contribution in [3.05, 3.63) is 104 Å². The normalized spacial score (nSPS) is 23.7. The van der Waals surface area contributed by atoms with Gasteiger partial charge in [-0.2, -0.15) is 5.10 Å². The lowest BCUT2D eigenvalue weighted by Crippen LogP contribution is -2.39. The number of rotatable bonds is 7. The first-order valence-corrected chi connectivity index (χ1v) is 14.9. The van der Waals surface area contributed by atoms with E-state index < -0.39 is 10.0 Å². The molecule has 2 aliphatic heterocycles. The number of likely N-dealkylation sites (N-methyl/N-ethyl adjacent to an activating group) is 1. The van der Waals surface area contributed by atoms with Gasteiger partial charge in [0, 0.05) is 40.6 Å². The predicted octanol–water partition coefficient (Wildman–Crippen LogP) is 4.74. The second kappa shape index (κ2) is 11.2. The van der Waals surface area contributed by atoms with Crippen molar-refractivity contribution in [2.45, 2.75) is 31.2 Å². The van der Waals surface area contributed by atoms with Crippen LogP contribution in [0, 0.1) is 0 Å². The third-order valence-electron chi connectivity index (χ3n) is 7.40. The molecule has 0 aromatic heterocycles. The zero-order valence-electron chi connectivity index (χ0n) is 21.1. The molecule has 10 heteroatoms. The van der Waals surface area contributed by atoms with Crippen LogP contribution in [0.15, 0.2) is 93.2 Å². The highest BCUT2D eigenvalue weighted by atomic mass is 35.5. The van der Waals surface area contributed by atoms with E-state index in [4.69, 9.17) is 33.4 Å². The van der Waals surface area contributed by atoms with Gasteiger partial charge in [0.2, 0.25) is 10.0 Å². The van der Waals surface area contributed by atoms with Crippen LogP contribution in [0.1, 0.15) is 36.3 Å². The van der Waals surface area contributed by atoms with Gasteiger partial charge >= 0.3 is 0 Å². The van der Waals surface area contributed by atoms with E-state index in [-0.39, 0.29) is 17.2 Å². The quantitative estimate of drug-likeness (QED) is 0.501. The summed E-state index contributed by atoms with van der Waals surface area (Å²) in [7, 11) is -1.74. The highest BCUT2D eigenvalue weighted by Crippen LogP contribution is 2.36. The van der Waals surface area contributed by atoms with Gasteiger partial charge in [-0.15, -0.1) is 0 Å². The van der Waals surface area contributed by atoms with Crippen LogP contribution in [0.5, 0.6) is 0 Å². The number of nitrogens with one attached hydrogen (secondary N) is 1. The molecule has 2 aromatic rings. The second-order valence-corrected chi connectivity index (χ2v) is 12.3. The van der Waals surface area contributed by atoms with Crippen LogP contribution in [-0.2, 0) is 10.0 Å². The fraction of sp³-hybridized carbons (Fsp3) is 0.321. The van der Waals surface area contributed by atoms with Crippen LogP contribution < -0.4 is 10.5 Å². The van der Waals surface area contributed by atoms with Crippen molar-refractivity contribution in [2.24, 2.45) is 10.2 Å². The Morgan fingerprint density at radius 1 is 1.11 bits per heavy atom. The Morgan fingerprint density at radius 3 is 2.50 bits per heavy atom. The standard InChI is InChI=1S/C28H31Cl2N5O2S/c1-34-15-5-8-22(34)17-32-28(24-16-23(38(31,36)37)13-14-26(24)30)35-18-25(19-6-3-2-4-7-19)27(33-35)20-9-11-21(29)12-10-20/h2-4,6-7,9-14,22,25,32H,5,8,15-18H2,1H3,(H2,31,36,37). The number of hydrogen-bond donors (Lipinski definition) is 2. The maximum atomic E-state index is 12.2. The minimum atomic E-state index is -3.87. The lowest BCUT2D eigenvalue weighted by Gasteiger charge is -2.28. The van der Waals surface area contributed by atoms with Crippen molar-refractivity contribution in [1.29, 1.82) is 0 Å². The summed E-state index contributed by atoms with van der Waals surface area (Å²) in [4.78, 5) is 2.46. The molecule has 0 spiro atoms. The number of allylic oxidation sites excluding steroid dienone is 5. The molecule has 38 heavy (non-hydrogen) atoms. The Kier molecular flexibility index (Phi) is 7.98. The van der Waals surface area contributed by atoms with Crippen LogP contribution in [0.25, 0.3) is 0 Å². The minimum Gasteiger partial charge on any atom is -0.368 e. The van der Waals surface area contributed by atoms with Crippen LogP contribution in [0.4, 0.5) is 0 Å². The first-order valence-electron chi connectivity index (χ1n) is 12.6. The molecule has 0 radical (unpaired) electrons. The largest absolute Gasteiger partial charge is 0.368 e. The van der Waals surface area contributed by atoms with Crippen LogP contribution in [-0.4, -0.2) is 56.8 Å². The molecule has 0 saturated carbocycles. The van der Waals surface area contributed by atoms with E-state index in [2.05, 4.69) is 29.4 Å². The molecular formula is C28H31Cl2N5O2S. The summed E-state index contributed by atoms with van der Waals surface area (Å²) in [6, 6.07) is 18.3. The SMILES string of the molecule is CN1CCCC1CNC(=C1CC(S(N)(=O)=O)=CC=C1Cl)N1CC(c2ccccc2)C(c2ccc(Cl)cc2)=N1. The Labute approximate surface area is 234 Å². The molecule has 1 fully saturated rings. The third kappa shape index (κ3) is 5.84. The average molecular weight is 573 g/mol. The van der Waals surface area contributed by atoms with E-state index >= 15 is 0 Å². The molecule has 3 N–H and O–H groups in total. The molecule has 3 aliphatic rings. The number of hydrazone groups is 1. The number of nitrogens with two attached hydrogens (primary N) is 1. The Balaban J connectivity index is 1.57. The molecule has 2 unspecified atom stereocenters. The summed E-state index contributed by atoms with van der Waals surface area (Å²) in [6.07, 6.45) is 5.40. The smallest absolute Gasteiger partial charge is 0.234 e. The van der Waals surface area contributed by atoms with Crippen molar-refractivity contribution < 1.29 is 8.42 Å². The topological polar surface area (TPSA) is 91.0 Å².